The normalized spacial score (nSPS) is 11.9. The van der Waals surface area contributed by atoms with Crippen LogP contribution in [0, 0.1) is 5.82 Å². The number of carbonyl (C=O) groups excluding carboxylic acids is 1. The summed E-state index contributed by atoms with van der Waals surface area (Å²) in [5.74, 6) is 1.53. The van der Waals surface area contributed by atoms with Crippen molar-refractivity contribution in [3.05, 3.63) is 90.0 Å². The van der Waals surface area contributed by atoms with Crippen LogP contribution >= 0.6 is 11.8 Å². The summed E-state index contributed by atoms with van der Waals surface area (Å²) in [6.07, 6.45) is 0. The molecule has 3 aromatic carbocycles. The van der Waals surface area contributed by atoms with Gasteiger partial charge in [-0.1, -0.05) is 48.2 Å². The van der Waals surface area contributed by atoms with E-state index in [2.05, 4.69) is 15.5 Å². The fraction of sp³-hybridized carbons (Fsp3) is 0.160. The predicted molar refractivity (Wildman–Crippen MR) is 127 cm³/mol. The van der Waals surface area contributed by atoms with Gasteiger partial charge in [-0.25, -0.2) is 4.39 Å². The van der Waals surface area contributed by atoms with Gasteiger partial charge in [0, 0.05) is 12.2 Å². The lowest BCUT2D eigenvalue weighted by Gasteiger charge is -2.11. The summed E-state index contributed by atoms with van der Waals surface area (Å²) in [7, 11) is 0. The van der Waals surface area contributed by atoms with Crippen molar-refractivity contribution in [1.29, 1.82) is 0 Å². The molecule has 1 aromatic heterocycles. The maximum absolute atomic E-state index is 14.0. The second-order valence-corrected chi connectivity index (χ2v) is 8.48. The number of amides is 1. The van der Waals surface area contributed by atoms with E-state index in [-0.39, 0.29) is 30.8 Å². The molecule has 1 aliphatic rings. The smallest absolute Gasteiger partial charge is 0.231 e. The first kappa shape index (κ1) is 22.7. The zero-order valence-electron chi connectivity index (χ0n) is 18.5. The van der Waals surface area contributed by atoms with Crippen molar-refractivity contribution in [2.24, 2.45) is 0 Å². The van der Waals surface area contributed by atoms with E-state index in [0.717, 1.165) is 11.3 Å². The van der Waals surface area contributed by atoms with Crippen LogP contribution in [-0.2, 0) is 17.9 Å². The van der Waals surface area contributed by atoms with Crippen molar-refractivity contribution >= 4 is 17.7 Å². The summed E-state index contributed by atoms with van der Waals surface area (Å²) in [6, 6.07) is 21.2. The van der Waals surface area contributed by atoms with Crippen LogP contribution in [0.3, 0.4) is 0 Å². The Balaban J connectivity index is 1.25. The van der Waals surface area contributed by atoms with Crippen molar-refractivity contribution in [2.45, 2.75) is 18.3 Å². The molecular weight excluding hydrogens is 471 g/mol. The highest BCUT2D eigenvalue weighted by atomic mass is 32.2. The van der Waals surface area contributed by atoms with Gasteiger partial charge in [-0.3, -0.25) is 9.36 Å². The van der Waals surface area contributed by atoms with Gasteiger partial charge in [0.25, 0.3) is 0 Å². The van der Waals surface area contributed by atoms with E-state index >= 15 is 0 Å². The van der Waals surface area contributed by atoms with E-state index < -0.39 is 5.82 Å². The molecule has 8 nitrogen and oxygen atoms in total. The lowest BCUT2D eigenvalue weighted by Crippen LogP contribution is -2.24. The number of rotatable bonds is 9. The van der Waals surface area contributed by atoms with Gasteiger partial charge in [-0.05, 0) is 42.0 Å². The van der Waals surface area contributed by atoms with E-state index in [1.54, 1.807) is 22.8 Å². The molecule has 10 heteroatoms. The van der Waals surface area contributed by atoms with E-state index in [1.807, 2.05) is 48.5 Å². The minimum Gasteiger partial charge on any atom is -0.483 e. The molecule has 0 fully saturated rings. The van der Waals surface area contributed by atoms with E-state index in [9.17, 15) is 9.18 Å². The summed E-state index contributed by atoms with van der Waals surface area (Å²) in [5.41, 5.74) is 1.72. The third-order valence-corrected chi connectivity index (χ3v) is 6.10. The van der Waals surface area contributed by atoms with Crippen LogP contribution in [0.5, 0.6) is 17.2 Å². The molecule has 1 aliphatic heterocycles. The number of ether oxygens (including phenoxy) is 3. The summed E-state index contributed by atoms with van der Waals surface area (Å²) >= 11 is 1.25. The third kappa shape index (κ3) is 5.38. The maximum atomic E-state index is 14.0. The monoisotopic (exact) mass is 492 g/mol. The molecule has 0 unspecified atom stereocenters. The lowest BCUT2D eigenvalue weighted by atomic mass is 10.2. The second-order valence-electron chi connectivity index (χ2n) is 7.54. The maximum Gasteiger partial charge on any atom is 0.231 e. The number of halogens is 1. The molecule has 178 valence electrons. The molecule has 0 aliphatic carbocycles. The molecule has 0 atom stereocenters. The molecule has 0 saturated carbocycles. The number of para-hydroxylation sites is 2. The molecule has 0 radical (unpaired) electrons. The van der Waals surface area contributed by atoms with Crippen molar-refractivity contribution < 1.29 is 23.4 Å². The van der Waals surface area contributed by atoms with Gasteiger partial charge < -0.3 is 19.5 Å². The fourth-order valence-electron chi connectivity index (χ4n) is 3.46. The molecule has 0 saturated heterocycles. The number of hydrogen-bond acceptors (Lipinski definition) is 7. The molecule has 5 rings (SSSR count). The number of fused-ring (bicyclic) bond motifs is 1. The lowest BCUT2D eigenvalue weighted by molar-refractivity contribution is -0.118. The van der Waals surface area contributed by atoms with Crippen LogP contribution in [0.15, 0.2) is 78.0 Å². The average Bonchev–Trinajstić information content (AvgIpc) is 3.52. The molecule has 0 spiro atoms. The third-order valence-electron chi connectivity index (χ3n) is 5.17. The van der Waals surface area contributed by atoms with Crippen LogP contribution in [-0.4, -0.2) is 33.2 Å². The highest BCUT2D eigenvalue weighted by Crippen LogP contribution is 2.32. The standard InChI is InChI=1S/C25H21FN4O4S/c26-19-8-4-5-9-20(19)32-14-23-28-29-25(30(23)18-6-2-1-3-7-18)35-15-24(31)27-13-17-10-11-21-22(12-17)34-16-33-21/h1-12H,13-16H2,(H,27,31). The van der Waals surface area contributed by atoms with E-state index in [1.165, 1.54) is 17.8 Å². The quantitative estimate of drug-likeness (QED) is 0.352. The molecule has 1 N–H and O–H groups in total. The Bertz CT molecular complexity index is 1330. The molecule has 2 heterocycles. The largest absolute Gasteiger partial charge is 0.483 e. The minimum absolute atomic E-state index is 0.0136. The van der Waals surface area contributed by atoms with Crippen LogP contribution in [0.1, 0.15) is 11.4 Å². The Morgan fingerprint density at radius 2 is 1.83 bits per heavy atom. The van der Waals surface area contributed by atoms with Gasteiger partial charge in [0.15, 0.2) is 34.0 Å². The van der Waals surface area contributed by atoms with Crippen LogP contribution in [0.25, 0.3) is 5.69 Å². The Hall–Kier alpha value is -4.05. The number of carbonyl (C=O) groups is 1. The molecule has 1 amide bonds. The van der Waals surface area contributed by atoms with Crippen molar-refractivity contribution in [3.63, 3.8) is 0 Å². The average molecular weight is 493 g/mol. The first-order valence-electron chi connectivity index (χ1n) is 10.8. The van der Waals surface area contributed by atoms with Crippen LogP contribution in [0.2, 0.25) is 0 Å². The Morgan fingerprint density at radius 1 is 1.03 bits per heavy atom. The summed E-state index contributed by atoms with van der Waals surface area (Å²) in [6.45, 7) is 0.583. The topological polar surface area (TPSA) is 87.5 Å². The van der Waals surface area contributed by atoms with Crippen molar-refractivity contribution in [3.8, 4) is 22.9 Å². The van der Waals surface area contributed by atoms with E-state index in [4.69, 9.17) is 14.2 Å². The van der Waals surface area contributed by atoms with Crippen molar-refractivity contribution in [1.82, 2.24) is 20.1 Å². The Kier molecular flexibility index (Phi) is 6.80. The van der Waals surface area contributed by atoms with E-state index in [0.29, 0.717) is 29.0 Å². The van der Waals surface area contributed by atoms with Crippen LogP contribution < -0.4 is 19.5 Å². The second kappa shape index (κ2) is 10.5. The van der Waals surface area contributed by atoms with Gasteiger partial charge in [0.2, 0.25) is 12.7 Å². The molecule has 35 heavy (non-hydrogen) atoms. The number of benzene rings is 3. The number of nitrogens with one attached hydrogen (secondary N) is 1. The Morgan fingerprint density at radius 3 is 2.69 bits per heavy atom. The summed E-state index contributed by atoms with van der Waals surface area (Å²) in [5, 5.41) is 11.9. The first-order chi connectivity index (χ1) is 17.2. The minimum atomic E-state index is -0.452. The zero-order valence-corrected chi connectivity index (χ0v) is 19.3. The van der Waals surface area contributed by atoms with Crippen molar-refractivity contribution in [2.75, 3.05) is 12.5 Å². The number of thioether (sulfide) groups is 1. The first-order valence-corrected chi connectivity index (χ1v) is 11.8. The highest BCUT2D eigenvalue weighted by Gasteiger charge is 2.18. The zero-order chi connectivity index (χ0) is 24.0. The highest BCUT2D eigenvalue weighted by molar-refractivity contribution is 7.99. The fourth-order valence-corrected chi connectivity index (χ4v) is 4.26. The summed E-state index contributed by atoms with van der Waals surface area (Å²) in [4.78, 5) is 12.5. The number of aromatic nitrogens is 3. The van der Waals surface area contributed by atoms with Gasteiger partial charge in [-0.15, -0.1) is 10.2 Å². The van der Waals surface area contributed by atoms with Gasteiger partial charge in [-0.2, -0.15) is 0 Å². The molecule has 0 bridgehead atoms. The Labute approximate surface area is 205 Å². The molecular formula is C25H21FN4O4S. The SMILES string of the molecule is O=C(CSc1nnc(COc2ccccc2F)n1-c1ccccc1)NCc1ccc2c(c1)OCO2. The van der Waals surface area contributed by atoms with Crippen LogP contribution in [0.4, 0.5) is 4.39 Å². The molecule has 4 aromatic rings. The number of hydrogen-bond donors (Lipinski definition) is 1. The summed E-state index contributed by atoms with van der Waals surface area (Å²) < 4.78 is 32.1. The van der Waals surface area contributed by atoms with Gasteiger partial charge in [0.1, 0.15) is 6.61 Å². The predicted octanol–water partition coefficient (Wildman–Crippen LogP) is 4.12. The number of nitrogens with zero attached hydrogens (tertiary/aromatic N) is 3. The van der Waals surface area contributed by atoms with Gasteiger partial charge in [0.05, 0.1) is 5.75 Å². The van der Waals surface area contributed by atoms with Gasteiger partial charge >= 0.3 is 0 Å².